The molecular weight excluding hydrogens is 328 g/mol. The lowest BCUT2D eigenvalue weighted by atomic mass is 10.1. The summed E-state index contributed by atoms with van der Waals surface area (Å²) in [6.07, 6.45) is 6.18. The molecule has 0 amide bonds. The van der Waals surface area contributed by atoms with E-state index in [2.05, 4.69) is 32.3 Å². The monoisotopic (exact) mass is 344 g/mol. The molecule has 4 nitrogen and oxygen atoms in total. The predicted molar refractivity (Wildman–Crippen MR) is 100 cm³/mol. The van der Waals surface area contributed by atoms with Gasteiger partial charge in [0.25, 0.3) is 0 Å². The van der Waals surface area contributed by atoms with Gasteiger partial charge in [0.15, 0.2) is 0 Å². The normalized spacial score (nSPS) is 10.9. The third-order valence-electron chi connectivity index (χ3n) is 3.93. The zero-order valence-electron chi connectivity index (χ0n) is 13.5. The summed E-state index contributed by atoms with van der Waals surface area (Å²) in [6.45, 7) is 0. The molecule has 0 aliphatic carbocycles. The van der Waals surface area contributed by atoms with Crippen molar-refractivity contribution in [3.8, 4) is 0 Å². The van der Waals surface area contributed by atoms with Gasteiger partial charge >= 0.3 is 0 Å². The van der Waals surface area contributed by atoms with Gasteiger partial charge in [0.2, 0.25) is 0 Å². The molecular formula is C20H16N4S. The van der Waals surface area contributed by atoms with Crippen LogP contribution in [-0.2, 0) is 12.2 Å². The molecule has 0 aliphatic heterocycles. The summed E-state index contributed by atoms with van der Waals surface area (Å²) in [4.78, 5) is 8.44. The van der Waals surface area contributed by atoms with Gasteiger partial charge in [0, 0.05) is 41.5 Å². The molecule has 0 spiro atoms. The Morgan fingerprint density at radius 1 is 0.760 bits per heavy atom. The molecule has 0 fully saturated rings. The number of pyridine rings is 2. The Morgan fingerprint density at radius 2 is 1.56 bits per heavy atom. The highest BCUT2D eigenvalue weighted by atomic mass is 32.2. The van der Waals surface area contributed by atoms with Crippen molar-refractivity contribution in [1.82, 2.24) is 20.2 Å². The van der Waals surface area contributed by atoms with E-state index in [1.807, 2.05) is 61.1 Å². The summed E-state index contributed by atoms with van der Waals surface area (Å²) in [6, 6.07) is 18.3. The first-order chi connectivity index (χ1) is 12.4. The van der Waals surface area contributed by atoms with Gasteiger partial charge in [-0.3, -0.25) is 9.97 Å². The second kappa shape index (κ2) is 7.40. The average molecular weight is 344 g/mol. The van der Waals surface area contributed by atoms with Crippen molar-refractivity contribution in [2.75, 3.05) is 0 Å². The van der Waals surface area contributed by atoms with Crippen LogP contribution in [0.15, 0.2) is 78.2 Å². The SMILES string of the molecule is c1ccc(CSc2nnc(Cc3ccncc3)c3ccccc23)nc1. The zero-order valence-corrected chi connectivity index (χ0v) is 14.4. The topological polar surface area (TPSA) is 51.6 Å². The molecule has 122 valence electrons. The van der Waals surface area contributed by atoms with Gasteiger partial charge in [0.1, 0.15) is 5.03 Å². The Hall–Kier alpha value is -2.79. The molecule has 0 bridgehead atoms. The number of hydrogen-bond donors (Lipinski definition) is 0. The maximum atomic E-state index is 4.50. The molecule has 0 saturated carbocycles. The summed E-state index contributed by atoms with van der Waals surface area (Å²) >= 11 is 1.67. The van der Waals surface area contributed by atoms with Gasteiger partial charge in [-0.25, -0.2) is 0 Å². The summed E-state index contributed by atoms with van der Waals surface area (Å²) in [7, 11) is 0. The second-order valence-electron chi connectivity index (χ2n) is 5.64. The van der Waals surface area contributed by atoms with E-state index in [0.29, 0.717) is 0 Å². The average Bonchev–Trinajstić information content (AvgIpc) is 2.69. The first-order valence-corrected chi connectivity index (χ1v) is 9.04. The summed E-state index contributed by atoms with van der Waals surface area (Å²) in [5.74, 6) is 0.781. The molecule has 4 rings (SSSR count). The Bertz CT molecular complexity index is 974. The van der Waals surface area contributed by atoms with E-state index >= 15 is 0 Å². The number of nitrogens with zero attached hydrogens (tertiary/aromatic N) is 4. The van der Waals surface area contributed by atoms with Gasteiger partial charge in [-0.2, -0.15) is 5.10 Å². The van der Waals surface area contributed by atoms with Gasteiger partial charge < -0.3 is 0 Å². The lowest BCUT2D eigenvalue weighted by Gasteiger charge is -2.09. The first-order valence-electron chi connectivity index (χ1n) is 8.06. The molecule has 3 heterocycles. The molecule has 0 aliphatic rings. The van der Waals surface area contributed by atoms with Gasteiger partial charge in [-0.1, -0.05) is 42.1 Å². The van der Waals surface area contributed by atoms with Crippen LogP contribution < -0.4 is 0 Å². The Labute approximate surface area is 150 Å². The Morgan fingerprint density at radius 3 is 2.36 bits per heavy atom. The molecule has 3 aromatic heterocycles. The minimum absolute atomic E-state index is 0.751. The van der Waals surface area contributed by atoms with E-state index in [1.165, 1.54) is 5.56 Å². The molecule has 0 atom stereocenters. The van der Waals surface area contributed by atoms with Gasteiger partial charge in [0.05, 0.1) is 11.4 Å². The van der Waals surface area contributed by atoms with E-state index in [1.54, 1.807) is 11.8 Å². The van der Waals surface area contributed by atoms with Crippen molar-refractivity contribution >= 4 is 22.5 Å². The fourth-order valence-corrected chi connectivity index (χ4v) is 3.58. The summed E-state index contributed by atoms with van der Waals surface area (Å²) in [5.41, 5.74) is 3.21. The number of rotatable bonds is 5. The van der Waals surface area contributed by atoms with Gasteiger partial charge in [-0.05, 0) is 29.8 Å². The molecule has 0 unspecified atom stereocenters. The van der Waals surface area contributed by atoms with Crippen molar-refractivity contribution in [1.29, 1.82) is 0 Å². The quantitative estimate of drug-likeness (QED) is 0.505. The smallest absolute Gasteiger partial charge is 0.127 e. The standard InChI is InChI=1S/C20H16N4S/c1-2-7-18-17(6-1)19(13-15-8-11-21-12-9-15)23-24-20(18)25-14-16-5-3-4-10-22-16/h1-12H,13-14H2. The van der Waals surface area contributed by atoms with Crippen LogP contribution in [0.1, 0.15) is 17.0 Å². The van der Waals surface area contributed by atoms with E-state index in [9.17, 15) is 0 Å². The number of benzene rings is 1. The Balaban J connectivity index is 1.64. The second-order valence-corrected chi connectivity index (χ2v) is 6.60. The Kier molecular flexibility index (Phi) is 4.65. The van der Waals surface area contributed by atoms with E-state index < -0.39 is 0 Å². The molecule has 4 aromatic rings. The molecule has 25 heavy (non-hydrogen) atoms. The fraction of sp³-hybridized carbons (Fsp3) is 0.100. The minimum Gasteiger partial charge on any atom is -0.265 e. The number of fused-ring (bicyclic) bond motifs is 1. The van der Waals surface area contributed by atoms with Crippen molar-refractivity contribution in [2.45, 2.75) is 17.2 Å². The van der Waals surface area contributed by atoms with Crippen molar-refractivity contribution in [2.24, 2.45) is 0 Å². The maximum absolute atomic E-state index is 4.50. The number of hydrogen-bond acceptors (Lipinski definition) is 5. The molecule has 0 N–H and O–H groups in total. The van der Waals surface area contributed by atoms with Crippen LogP contribution in [0, 0.1) is 0 Å². The number of thioether (sulfide) groups is 1. The lowest BCUT2D eigenvalue weighted by Crippen LogP contribution is -1.99. The molecule has 0 saturated heterocycles. The minimum atomic E-state index is 0.751. The highest BCUT2D eigenvalue weighted by Crippen LogP contribution is 2.29. The molecule has 1 aromatic carbocycles. The third-order valence-corrected chi connectivity index (χ3v) is 4.95. The van der Waals surface area contributed by atoms with Crippen LogP contribution in [0.3, 0.4) is 0 Å². The van der Waals surface area contributed by atoms with Crippen LogP contribution in [0.25, 0.3) is 10.8 Å². The maximum Gasteiger partial charge on any atom is 0.127 e. The third kappa shape index (κ3) is 3.67. The van der Waals surface area contributed by atoms with Crippen LogP contribution in [-0.4, -0.2) is 20.2 Å². The first kappa shape index (κ1) is 15.7. The van der Waals surface area contributed by atoms with Crippen molar-refractivity contribution < 1.29 is 0 Å². The van der Waals surface area contributed by atoms with Gasteiger partial charge in [-0.15, -0.1) is 5.10 Å². The van der Waals surface area contributed by atoms with E-state index in [-0.39, 0.29) is 0 Å². The predicted octanol–water partition coefficient (Wildman–Crippen LogP) is 4.30. The summed E-state index contributed by atoms with van der Waals surface area (Å²) in [5, 5.41) is 12.2. The van der Waals surface area contributed by atoms with E-state index in [4.69, 9.17) is 0 Å². The summed E-state index contributed by atoms with van der Waals surface area (Å²) < 4.78 is 0. The molecule has 5 heteroatoms. The van der Waals surface area contributed by atoms with Crippen molar-refractivity contribution in [3.05, 3.63) is 90.1 Å². The largest absolute Gasteiger partial charge is 0.265 e. The highest BCUT2D eigenvalue weighted by molar-refractivity contribution is 7.98. The van der Waals surface area contributed by atoms with Crippen molar-refractivity contribution in [3.63, 3.8) is 0 Å². The lowest BCUT2D eigenvalue weighted by molar-refractivity contribution is 0.895. The van der Waals surface area contributed by atoms with Crippen LogP contribution in [0.2, 0.25) is 0 Å². The van der Waals surface area contributed by atoms with E-state index in [0.717, 1.165) is 39.4 Å². The van der Waals surface area contributed by atoms with Crippen LogP contribution in [0.5, 0.6) is 0 Å². The van der Waals surface area contributed by atoms with Crippen LogP contribution in [0.4, 0.5) is 0 Å². The zero-order chi connectivity index (χ0) is 16.9. The fourth-order valence-electron chi connectivity index (χ4n) is 2.69. The molecule has 0 radical (unpaired) electrons. The van der Waals surface area contributed by atoms with Crippen LogP contribution >= 0.6 is 11.8 Å². The highest BCUT2D eigenvalue weighted by Gasteiger charge is 2.10. The number of aromatic nitrogens is 4.